The summed E-state index contributed by atoms with van der Waals surface area (Å²) in [6.07, 6.45) is -9.21. The number of aliphatic carboxylic acids is 1. The molecule has 2 aromatic rings. The van der Waals surface area contributed by atoms with Gasteiger partial charge in [-0.1, -0.05) is 38.1 Å². The van der Waals surface area contributed by atoms with E-state index in [0.717, 1.165) is 0 Å². The Hall–Kier alpha value is -2.47. The highest BCUT2D eigenvalue weighted by molar-refractivity contribution is 5.93. The van der Waals surface area contributed by atoms with Gasteiger partial charge in [0.15, 0.2) is 6.10 Å². The average molecular weight is 451 g/mol. The second-order valence-electron chi connectivity index (χ2n) is 7.99. The van der Waals surface area contributed by atoms with Crippen LogP contribution in [0.3, 0.4) is 0 Å². The van der Waals surface area contributed by atoms with Gasteiger partial charge in [-0.3, -0.25) is 0 Å². The Morgan fingerprint density at radius 3 is 2.28 bits per heavy atom. The molecule has 6 atom stereocenters. The molecule has 3 rings (SSSR count). The molecule has 0 amide bonds. The van der Waals surface area contributed by atoms with Crippen molar-refractivity contribution in [1.82, 2.24) is 5.32 Å². The molecule has 0 spiro atoms. The van der Waals surface area contributed by atoms with Gasteiger partial charge in [0.05, 0.1) is 0 Å². The third-order valence-corrected chi connectivity index (χ3v) is 5.09. The number of benzene rings is 2. The van der Waals surface area contributed by atoms with Gasteiger partial charge in [0.1, 0.15) is 42.5 Å². The minimum atomic E-state index is -1.80. The van der Waals surface area contributed by atoms with Crippen LogP contribution in [0.5, 0.6) is 11.5 Å². The number of carboxylic acids is 1. The van der Waals surface area contributed by atoms with Crippen LogP contribution in [0, 0.1) is 0 Å². The van der Waals surface area contributed by atoms with E-state index < -0.39 is 42.8 Å². The maximum absolute atomic E-state index is 11.3. The van der Waals surface area contributed by atoms with Crippen LogP contribution in [0.2, 0.25) is 0 Å². The molecule has 2 aromatic carbocycles. The summed E-state index contributed by atoms with van der Waals surface area (Å²) >= 11 is 0. The van der Waals surface area contributed by atoms with Crippen LogP contribution >= 0.6 is 0 Å². The molecule has 0 radical (unpaired) electrons. The van der Waals surface area contributed by atoms with Gasteiger partial charge in [0.25, 0.3) is 0 Å². The summed E-state index contributed by atoms with van der Waals surface area (Å²) in [6, 6.07) is 10.5. The van der Waals surface area contributed by atoms with Crippen molar-refractivity contribution < 1.29 is 44.5 Å². The van der Waals surface area contributed by atoms with Gasteiger partial charge in [-0.05, 0) is 12.1 Å². The molecule has 1 unspecified atom stereocenters. The first-order valence-corrected chi connectivity index (χ1v) is 10.3. The molecule has 6 N–H and O–H groups in total. The van der Waals surface area contributed by atoms with Crippen LogP contribution in [0.1, 0.15) is 13.8 Å². The Balaban J connectivity index is 1.78. The number of carbonyl (C=O) groups is 1. The van der Waals surface area contributed by atoms with Gasteiger partial charge in [0.2, 0.25) is 6.29 Å². The molecule has 10 nitrogen and oxygen atoms in total. The van der Waals surface area contributed by atoms with Crippen LogP contribution in [0.15, 0.2) is 36.4 Å². The van der Waals surface area contributed by atoms with Crippen LogP contribution in [0.25, 0.3) is 10.8 Å². The lowest BCUT2D eigenvalue weighted by atomic mass is 9.99. The Morgan fingerprint density at radius 1 is 1.03 bits per heavy atom. The molecule has 0 bridgehead atoms. The maximum Gasteiger partial charge on any atom is 0.335 e. The van der Waals surface area contributed by atoms with E-state index in [-0.39, 0.29) is 18.4 Å². The van der Waals surface area contributed by atoms with Crippen molar-refractivity contribution in [2.45, 2.75) is 56.7 Å². The first-order valence-electron chi connectivity index (χ1n) is 10.3. The molecule has 1 fully saturated rings. The molecule has 0 aromatic heterocycles. The van der Waals surface area contributed by atoms with Crippen molar-refractivity contribution in [3.63, 3.8) is 0 Å². The van der Waals surface area contributed by atoms with E-state index in [4.69, 9.17) is 14.2 Å². The highest BCUT2D eigenvalue weighted by Gasteiger charge is 2.48. The first-order chi connectivity index (χ1) is 15.2. The normalized spacial score (nSPS) is 26.8. The van der Waals surface area contributed by atoms with Crippen molar-refractivity contribution in [3.8, 4) is 11.5 Å². The number of hydrogen-bond acceptors (Lipinski definition) is 9. The zero-order valence-electron chi connectivity index (χ0n) is 17.8. The summed E-state index contributed by atoms with van der Waals surface area (Å²) in [5.74, 6) is -0.733. The highest BCUT2D eigenvalue weighted by Crippen LogP contribution is 2.35. The maximum atomic E-state index is 11.3. The van der Waals surface area contributed by atoms with Gasteiger partial charge >= 0.3 is 5.97 Å². The third-order valence-electron chi connectivity index (χ3n) is 5.09. The molecule has 32 heavy (non-hydrogen) atoms. The second-order valence-corrected chi connectivity index (χ2v) is 7.99. The van der Waals surface area contributed by atoms with Gasteiger partial charge in [0, 0.05) is 23.4 Å². The molecule has 10 heteroatoms. The molecule has 1 aliphatic heterocycles. The molecule has 0 aliphatic carbocycles. The standard InChI is InChI=1S/C22H29NO9/c1-11(2)23-9-12(24)10-30-15-7-8-16(14-6-4-3-5-13(14)15)31-22-19(27)17(25)18(26)20(32-22)21(28)29/h3-8,11-12,17-20,22-27H,9-10H2,1-2H3,(H,28,29)/t12?,17-,18-,19+,20-,22+/m0/s1. The fraction of sp³-hybridized carbons (Fsp3) is 0.500. The number of ether oxygens (including phenoxy) is 3. The number of aliphatic hydroxyl groups excluding tert-OH is 4. The van der Waals surface area contributed by atoms with E-state index >= 15 is 0 Å². The van der Waals surface area contributed by atoms with E-state index in [1.807, 2.05) is 13.8 Å². The first kappa shape index (κ1) is 24.2. The number of nitrogens with one attached hydrogen (secondary N) is 1. The summed E-state index contributed by atoms with van der Waals surface area (Å²) in [5.41, 5.74) is 0. The lowest BCUT2D eigenvalue weighted by Gasteiger charge is -2.38. The lowest BCUT2D eigenvalue weighted by molar-refractivity contribution is -0.270. The minimum absolute atomic E-state index is 0.0682. The van der Waals surface area contributed by atoms with Gasteiger partial charge in [-0.15, -0.1) is 0 Å². The topological polar surface area (TPSA) is 158 Å². The smallest absolute Gasteiger partial charge is 0.335 e. The van der Waals surface area contributed by atoms with E-state index in [1.165, 1.54) is 0 Å². The van der Waals surface area contributed by atoms with Crippen molar-refractivity contribution >= 4 is 16.7 Å². The summed E-state index contributed by atoms with van der Waals surface area (Å²) < 4.78 is 16.7. The second kappa shape index (κ2) is 10.4. The summed E-state index contributed by atoms with van der Waals surface area (Å²) in [6.45, 7) is 4.40. The molecular weight excluding hydrogens is 422 g/mol. The van der Waals surface area contributed by atoms with E-state index in [1.54, 1.807) is 36.4 Å². The van der Waals surface area contributed by atoms with Crippen LogP contribution in [-0.2, 0) is 9.53 Å². The van der Waals surface area contributed by atoms with E-state index in [9.17, 15) is 30.3 Å². The zero-order chi connectivity index (χ0) is 23.4. The Kier molecular flexibility index (Phi) is 7.88. The molecule has 176 valence electrons. The summed E-state index contributed by atoms with van der Waals surface area (Å²) in [7, 11) is 0. The number of fused-ring (bicyclic) bond motifs is 1. The van der Waals surface area contributed by atoms with Crippen LogP contribution in [0.4, 0.5) is 0 Å². The monoisotopic (exact) mass is 451 g/mol. The highest BCUT2D eigenvalue weighted by atomic mass is 16.7. The zero-order valence-corrected chi connectivity index (χ0v) is 17.8. The molecule has 1 heterocycles. The summed E-state index contributed by atoms with van der Waals surface area (Å²) in [4.78, 5) is 11.3. The van der Waals surface area contributed by atoms with E-state index in [0.29, 0.717) is 23.1 Å². The average Bonchev–Trinajstić information content (AvgIpc) is 2.77. The van der Waals surface area contributed by atoms with Crippen molar-refractivity contribution in [3.05, 3.63) is 36.4 Å². The fourth-order valence-electron chi connectivity index (χ4n) is 3.36. The fourth-order valence-corrected chi connectivity index (χ4v) is 3.36. The van der Waals surface area contributed by atoms with Crippen LogP contribution < -0.4 is 14.8 Å². The van der Waals surface area contributed by atoms with Gasteiger partial charge in [-0.2, -0.15) is 0 Å². The summed E-state index contributed by atoms with van der Waals surface area (Å²) in [5, 5.41) is 53.7. The lowest BCUT2D eigenvalue weighted by Crippen LogP contribution is -2.61. The largest absolute Gasteiger partial charge is 0.490 e. The minimum Gasteiger partial charge on any atom is -0.490 e. The van der Waals surface area contributed by atoms with E-state index in [2.05, 4.69) is 5.32 Å². The number of hydrogen-bond donors (Lipinski definition) is 6. The predicted molar refractivity (Wildman–Crippen MR) is 114 cm³/mol. The van der Waals surface area contributed by atoms with Gasteiger partial charge in [-0.25, -0.2) is 4.79 Å². The van der Waals surface area contributed by atoms with Crippen molar-refractivity contribution in [2.75, 3.05) is 13.2 Å². The third kappa shape index (κ3) is 5.47. The predicted octanol–water partition coefficient (Wildman–Crippen LogP) is -0.151. The number of rotatable bonds is 9. The number of carboxylic acid groups (broad SMARTS) is 1. The van der Waals surface area contributed by atoms with Crippen molar-refractivity contribution in [2.24, 2.45) is 0 Å². The van der Waals surface area contributed by atoms with Crippen molar-refractivity contribution in [1.29, 1.82) is 0 Å². The quantitative estimate of drug-likeness (QED) is 0.303. The molecule has 1 aliphatic rings. The molecule has 0 saturated carbocycles. The molecule has 1 saturated heterocycles. The molecular formula is C22H29NO9. The van der Waals surface area contributed by atoms with Gasteiger partial charge < -0.3 is 45.1 Å². The number of aliphatic hydroxyl groups is 4. The Morgan fingerprint density at radius 2 is 1.66 bits per heavy atom. The van der Waals surface area contributed by atoms with Crippen LogP contribution in [-0.4, -0.2) is 87.5 Å². The Labute approximate surface area is 185 Å². The SMILES string of the molecule is CC(C)NCC(O)COc1ccc(O[C@@H]2O[C@H](C(=O)O)[C@@H](O)[C@H](O)[C@H]2O)c2ccccc12. The Bertz CT molecular complexity index is 921.